The molecule has 1 aromatic rings. The van der Waals surface area contributed by atoms with Crippen molar-refractivity contribution in [2.45, 2.75) is 12.5 Å². The Hall–Kier alpha value is -1.55. The fourth-order valence-corrected chi connectivity index (χ4v) is 1.49. The molecule has 0 saturated carbocycles. The summed E-state index contributed by atoms with van der Waals surface area (Å²) < 4.78 is 0. The van der Waals surface area contributed by atoms with Crippen molar-refractivity contribution >= 4 is 11.7 Å². The Balaban J connectivity index is 2.00. The fraction of sp³-hybridized carbons (Fsp3) is 0.364. The molecule has 0 bridgehead atoms. The molecule has 0 aromatic heterocycles. The zero-order valence-electron chi connectivity index (χ0n) is 8.39. The van der Waals surface area contributed by atoms with Crippen LogP contribution in [-0.2, 0) is 11.2 Å². The minimum atomic E-state index is -0.954. The predicted octanol–water partition coefficient (Wildman–Crippen LogP) is 0.461. The minimum Gasteiger partial charge on any atom is -0.480 e. The van der Waals surface area contributed by atoms with Gasteiger partial charge in [-0.1, -0.05) is 12.1 Å². The van der Waals surface area contributed by atoms with Gasteiger partial charge < -0.3 is 15.7 Å². The van der Waals surface area contributed by atoms with Gasteiger partial charge in [0.25, 0.3) is 0 Å². The van der Waals surface area contributed by atoms with E-state index in [0.717, 1.165) is 18.7 Å². The van der Waals surface area contributed by atoms with Crippen molar-refractivity contribution in [3.63, 3.8) is 0 Å². The molecule has 0 radical (unpaired) electrons. The second-order valence-corrected chi connectivity index (χ2v) is 3.80. The molecule has 0 aliphatic carbocycles. The number of carboxylic acids is 1. The summed E-state index contributed by atoms with van der Waals surface area (Å²) in [6.07, 6.45) is 0.385. The van der Waals surface area contributed by atoms with E-state index in [9.17, 15) is 4.79 Å². The zero-order valence-corrected chi connectivity index (χ0v) is 8.39. The number of aliphatic carboxylic acids is 1. The quantitative estimate of drug-likeness (QED) is 0.702. The van der Waals surface area contributed by atoms with E-state index in [1.807, 2.05) is 24.3 Å². The lowest BCUT2D eigenvalue weighted by Gasteiger charge is -2.07. The van der Waals surface area contributed by atoms with Crippen LogP contribution in [0.1, 0.15) is 5.56 Å². The topological polar surface area (TPSA) is 66.3 Å². The van der Waals surface area contributed by atoms with Gasteiger partial charge in [0.05, 0.1) is 0 Å². The Bertz CT molecular complexity index is 357. The molecule has 0 amide bonds. The molecule has 1 saturated heterocycles. The van der Waals surface area contributed by atoms with Crippen LogP contribution in [0, 0.1) is 0 Å². The van der Waals surface area contributed by atoms with Gasteiger partial charge in [-0.3, -0.25) is 4.79 Å². The van der Waals surface area contributed by atoms with Crippen LogP contribution in [0.3, 0.4) is 0 Å². The van der Waals surface area contributed by atoms with Gasteiger partial charge in [0.1, 0.15) is 6.04 Å². The summed E-state index contributed by atoms with van der Waals surface area (Å²) in [5.41, 5.74) is 7.61. The van der Waals surface area contributed by atoms with Crippen LogP contribution in [0.15, 0.2) is 24.3 Å². The van der Waals surface area contributed by atoms with Crippen molar-refractivity contribution < 1.29 is 9.90 Å². The average molecular weight is 206 g/mol. The van der Waals surface area contributed by atoms with E-state index in [0.29, 0.717) is 6.42 Å². The minimum absolute atomic E-state index is 0.385. The number of hydrogen-bond donors (Lipinski definition) is 2. The first-order valence-electron chi connectivity index (χ1n) is 4.99. The van der Waals surface area contributed by atoms with Crippen LogP contribution in [0.5, 0.6) is 0 Å². The van der Waals surface area contributed by atoms with E-state index >= 15 is 0 Å². The van der Waals surface area contributed by atoms with Crippen molar-refractivity contribution in [3.8, 4) is 0 Å². The summed E-state index contributed by atoms with van der Waals surface area (Å²) in [5.74, 6) is -0.954. The van der Waals surface area contributed by atoms with E-state index in [1.165, 1.54) is 5.69 Å². The van der Waals surface area contributed by atoms with Gasteiger partial charge in [-0.25, -0.2) is 0 Å². The van der Waals surface area contributed by atoms with Gasteiger partial charge in [0, 0.05) is 18.8 Å². The average Bonchev–Trinajstić information content (AvgIpc) is 3.02. The highest BCUT2D eigenvalue weighted by atomic mass is 16.4. The lowest BCUT2D eigenvalue weighted by molar-refractivity contribution is -0.138. The molecule has 1 heterocycles. The van der Waals surface area contributed by atoms with Gasteiger partial charge >= 0.3 is 5.97 Å². The lowest BCUT2D eigenvalue weighted by atomic mass is 10.1. The highest BCUT2D eigenvalue weighted by molar-refractivity contribution is 5.73. The molecule has 1 aromatic carbocycles. The van der Waals surface area contributed by atoms with Crippen LogP contribution in [0.25, 0.3) is 0 Å². The van der Waals surface area contributed by atoms with E-state index in [1.54, 1.807) is 0 Å². The molecule has 0 spiro atoms. The van der Waals surface area contributed by atoms with Crippen molar-refractivity contribution in [2.75, 3.05) is 18.0 Å². The van der Waals surface area contributed by atoms with E-state index in [2.05, 4.69) is 4.90 Å². The summed E-state index contributed by atoms with van der Waals surface area (Å²) in [6.45, 7) is 2.24. The number of anilines is 1. The Labute approximate surface area is 88.3 Å². The van der Waals surface area contributed by atoms with Gasteiger partial charge in [-0.2, -0.15) is 0 Å². The number of rotatable bonds is 4. The molecular weight excluding hydrogens is 192 g/mol. The zero-order chi connectivity index (χ0) is 10.8. The number of nitrogens with two attached hydrogens (primary N) is 1. The monoisotopic (exact) mass is 206 g/mol. The molecule has 1 unspecified atom stereocenters. The third-order valence-corrected chi connectivity index (χ3v) is 2.52. The van der Waals surface area contributed by atoms with E-state index in [-0.39, 0.29) is 0 Å². The molecule has 3 N–H and O–H groups in total. The van der Waals surface area contributed by atoms with Crippen molar-refractivity contribution in [1.82, 2.24) is 0 Å². The van der Waals surface area contributed by atoms with Crippen molar-refractivity contribution in [3.05, 3.63) is 29.8 Å². The molecular formula is C11H14N2O2. The summed E-state index contributed by atoms with van der Waals surface area (Å²) in [7, 11) is 0. The van der Waals surface area contributed by atoms with Crippen LogP contribution in [0.2, 0.25) is 0 Å². The maximum absolute atomic E-state index is 10.6. The maximum Gasteiger partial charge on any atom is 0.320 e. The lowest BCUT2D eigenvalue weighted by Crippen LogP contribution is -2.32. The number of carbonyl (C=O) groups is 1. The molecule has 1 atom stereocenters. The number of benzene rings is 1. The molecule has 15 heavy (non-hydrogen) atoms. The standard InChI is InChI=1S/C11H14N2O2/c12-10(11(14)15)7-8-1-3-9(4-2-8)13-5-6-13/h1-4,10H,5-7,12H2,(H,14,15). The summed E-state index contributed by atoms with van der Waals surface area (Å²) in [4.78, 5) is 12.8. The summed E-state index contributed by atoms with van der Waals surface area (Å²) in [6, 6.07) is 7.10. The molecule has 2 rings (SSSR count). The molecule has 4 nitrogen and oxygen atoms in total. The second kappa shape index (κ2) is 3.90. The van der Waals surface area contributed by atoms with Crippen LogP contribution in [0.4, 0.5) is 5.69 Å². The number of carboxylic acid groups (broad SMARTS) is 1. The first-order valence-corrected chi connectivity index (χ1v) is 4.99. The first-order chi connectivity index (χ1) is 7.16. The largest absolute Gasteiger partial charge is 0.480 e. The fourth-order valence-electron chi connectivity index (χ4n) is 1.49. The number of hydrogen-bond acceptors (Lipinski definition) is 3. The smallest absolute Gasteiger partial charge is 0.320 e. The first kappa shape index (κ1) is 9.98. The molecule has 1 fully saturated rings. The molecule has 4 heteroatoms. The highest BCUT2D eigenvalue weighted by Crippen LogP contribution is 2.21. The van der Waals surface area contributed by atoms with Crippen LogP contribution in [-0.4, -0.2) is 30.2 Å². The third kappa shape index (κ3) is 2.47. The summed E-state index contributed by atoms with van der Waals surface area (Å²) >= 11 is 0. The summed E-state index contributed by atoms with van der Waals surface area (Å²) in [5, 5.41) is 8.66. The predicted molar refractivity (Wildman–Crippen MR) is 58.0 cm³/mol. The van der Waals surface area contributed by atoms with E-state index in [4.69, 9.17) is 10.8 Å². The highest BCUT2D eigenvalue weighted by Gasteiger charge is 2.17. The van der Waals surface area contributed by atoms with Crippen LogP contribution >= 0.6 is 0 Å². The van der Waals surface area contributed by atoms with Gasteiger partial charge in [-0.05, 0) is 24.1 Å². The van der Waals surface area contributed by atoms with Crippen LogP contribution < -0.4 is 10.6 Å². The molecule has 1 aliphatic heterocycles. The van der Waals surface area contributed by atoms with Gasteiger partial charge in [0.2, 0.25) is 0 Å². The van der Waals surface area contributed by atoms with Crippen molar-refractivity contribution in [2.24, 2.45) is 5.73 Å². The SMILES string of the molecule is NC(Cc1ccc(N2CC2)cc1)C(=O)O. The second-order valence-electron chi connectivity index (χ2n) is 3.80. The molecule has 1 aliphatic rings. The Morgan fingerprint density at radius 1 is 1.40 bits per heavy atom. The molecule has 80 valence electrons. The van der Waals surface area contributed by atoms with Gasteiger partial charge in [-0.15, -0.1) is 0 Å². The Morgan fingerprint density at radius 2 is 2.00 bits per heavy atom. The Morgan fingerprint density at radius 3 is 2.47 bits per heavy atom. The Kier molecular flexibility index (Phi) is 2.60. The third-order valence-electron chi connectivity index (χ3n) is 2.52. The maximum atomic E-state index is 10.6. The van der Waals surface area contributed by atoms with E-state index < -0.39 is 12.0 Å². The van der Waals surface area contributed by atoms with Gasteiger partial charge in [0.15, 0.2) is 0 Å². The number of nitrogens with zero attached hydrogens (tertiary/aromatic N) is 1. The van der Waals surface area contributed by atoms with Crippen molar-refractivity contribution in [1.29, 1.82) is 0 Å². The normalized spacial score (nSPS) is 16.2.